The van der Waals surface area contributed by atoms with E-state index in [1.807, 2.05) is 0 Å². The summed E-state index contributed by atoms with van der Waals surface area (Å²) in [6.45, 7) is 2.92. The van der Waals surface area contributed by atoms with Crippen LogP contribution in [0.2, 0.25) is 0 Å². The highest BCUT2D eigenvalue weighted by Crippen LogP contribution is 2.35. The number of methoxy groups -OCH3 is 1. The molecule has 0 aliphatic carbocycles. The van der Waals surface area contributed by atoms with E-state index in [0.717, 1.165) is 25.8 Å². The minimum absolute atomic E-state index is 0.287. The first-order valence-electron chi connectivity index (χ1n) is 7.24. The Morgan fingerprint density at radius 1 is 1.25 bits per heavy atom. The molecule has 0 saturated carbocycles. The highest BCUT2D eigenvalue weighted by molar-refractivity contribution is 5.37. The molecule has 110 valence electrons. The van der Waals surface area contributed by atoms with Gasteiger partial charge in [-0.3, -0.25) is 0 Å². The van der Waals surface area contributed by atoms with Crippen molar-refractivity contribution in [1.29, 1.82) is 0 Å². The van der Waals surface area contributed by atoms with Gasteiger partial charge < -0.3 is 20.1 Å². The second-order valence-electron chi connectivity index (χ2n) is 5.26. The predicted octanol–water partition coefficient (Wildman–Crippen LogP) is 1.43. The second kappa shape index (κ2) is 5.78. The fourth-order valence-corrected chi connectivity index (χ4v) is 2.78. The van der Waals surface area contributed by atoms with Crippen molar-refractivity contribution >= 4 is 11.9 Å². The van der Waals surface area contributed by atoms with E-state index < -0.39 is 0 Å². The molecule has 0 radical (unpaired) electrons. The van der Waals surface area contributed by atoms with Crippen LogP contribution in [0.15, 0.2) is 0 Å². The molecule has 7 nitrogen and oxygen atoms in total. The number of hydrogen-bond donors (Lipinski definition) is 2. The van der Waals surface area contributed by atoms with Crippen molar-refractivity contribution in [2.45, 2.75) is 50.9 Å². The Bertz CT molecular complexity index is 470. The smallest absolute Gasteiger partial charge is 0.322 e. The molecule has 20 heavy (non-hydrogen) atoms. The third-order valence-corrected chi connectivity index (χ3v) is 3.75. The molecular weight excluding hydrogens is 258 g/mol. The van der Waals surface area contributed by atoms with Crippen LogP contribution in [0.3, 0.4) is 0 Å². The van der Waals surface area contributed by atoms with Crippen molar-refractivity contribution < 1.29 is 9.47 Å². The number of anilines is 2. The van der Waals surface area contributed by atoms with Crippen LogP contribution in [0.1, 0.15) is 32.6 Å². The molecule has 2 fully saturated rings. The van der Waals surface area contributed by atoms with Gasteiger partial charge in [-0.2, -0.15) is 15.0 Å². The summed E-state index contributed by atoms with van der Waals surface area (Å²) in [7, 11) is 1.56. The molecule has 3 unspecified atom stereocenters. The predicted molar refractivity (Wildman–Crippen MR) is 75.1 cm³/mol. The summed E-state index contributed by atoms with van der Waals surface area (Å²) in [5.74, 6) is 1.10. The first kappa shape index (κ1) is 13.4. The molecule has 0 spiro atoms. The van der Waals surface area contributed by atoms with E-state index in [0.29, 0.717) is 30.1 Å². The summed E-state index contributed by atoms with van der Waals surface area (Å²) in [4.78, 5) is 12.8. The molecule has 3 atom stereocenters. The van der Waals surface area contributed by atoms with Crippen LogP contribution in [-0.4, -0.2) is 46.9 Å². The zero-order valence-electron chi connectivity index (χ0n) is 11.9. The average Bonchev–Trinajstić information content (AvgIpc) is 3.07. The lowest BCUT2D eigenvalue weighted by Crippen LogP contribution is -2.31. The van der Waals surface area contributed by atoms with Crippen LogP contribution >= 0.6 is 0 Å². The molecule has 2 bridgehead atoms. The maximum Gasteiger partial charge on any atom is 0.322 e. The van der Waals surface area contributed by atoms with Gasteiger partial charge in [-0.05, 0) is 25.7 Å². The fourth-order valence-electron chi connectivity index (χ4n) is 2.78. The molecule has 1 aromatic heterocycles. The summed E-state index contributed by atoms with van der Waals surface area (Å²) in [6, 6.07) is 0.616. The first-order chi connectivity index (χ1) is 9.78. The summed E-state index contributed by atoms with van der Waals surface area (Å²) in [5, 5.41) is 6.51. The summed E-state index contributed by atoms with van der Waals surface area (Å²) in [6.07, 6.45) is 5.01. The van der Waals surface area contributed by atoms with Gasteiger partial charge in [-0.1, -0.05) is 6.92 Å². The van der Waals surface area contributed by atoms with E-state index in [4.69, 9.17) is 9.47 Å². The Morgan fingerprint density at radius 3 is 2.75 bits per heavy atom. The quantitative estimate of drug-likeness (QED) is 0.815. The molecule has 0 amide bonds. The van der Waals surface area contributed by atoms with Gasteiger partial charge >= 0.3 is 6.01 Å². The van der Waals surface area contributed by atoms with Crippen LogP contribution < -0.4 is 15.4 Å². The van der Waals surface area contributed by atoms with Gasteiger partial charge in [-0.15, -0.1) is 0 Å². The monoisotopic (exact) mass is 279 g/mol. The highest BCUT2D eigenvalue weighted by Gasteiger charge is 2.41. The second-order valence-corrected chi connectivity index (χ2v) is 5.26. The third kappa shape index (κ3) is 2.77. The van der Waals surface area contributed by atoms with Gasteiger partial charge in [0.25, 0.3) is 0 Å². The molecule has 3 rings (SSSR count). The van der Waals surface area contributed by atoms with Gasteiger partial charge in [0.05, 0.1) is 25.4 Å². The van der Waals surface area contributed by atoms with E-state index >= 15 is 0 Å². The van der Waals surface area contributed by atoms with Crippen LogP contribution in [0, 0.1) is 0 Å². The average molecular weight is 279 g/mol. The third-order valence-electron chi connectivity index (χ3n) is 3.75. The molecule has 0 aromatic carbocycles. The van der Waals surface area contributed by atoms with Crippen molar-refractivity contribution in [1.82, 2.24) is 15.0 Å². The highest BCUT2D eigenvalue weighted by atomic mass is 16.5. The Labute approximate surface area is 118 Å². The lowest BCUT2D eigenvalue weighted by Gasteiger charge is -2.20. The lowest BCUT2D eigenvalue weighted by atomic mass is 9.96. The summed E-state index contributed by atoms with van der Waals surface area (Å²) >= 11 is 0. The van der Waals surface area contributed by atoms with Gasteiger partial charge in [0, 0.05) is 6.54 Å². The van der Waals surface area contributed by atoms with Crippen molar-refractivity contribution in [3.63, 3.8) is 0 Å². The van der Waals surface area contributed by atoms with Gasteiger partial charge in [0.1, 0.15) is 0 Å². The fraction of sp³-hybridized carbons (Fsp3) is 0.769. The van der Waals surface area contributed by atoms with E-state index in [9.17, 15) is 0 Å². The normalized spacial score (nSPS) is 27.6. The molecule has 2 aliphatic heterocycles. The molecule has 2 aliphatic rings. The Balaban J connectivity index is 1.71. The minimum Gasteiger partial charge on any atom is -0.467 e. The van der Waals surface area contributed by atoms with Crippen LogP contribution in [0.25, 0.3) is 0 Å². The largest absolute Gasteiger partial charge is 0.467 e. The molecule has 2 saturated heterocycles. The maximum atomic E-state index is 5.83. The lowest BCUT2D eigenvalue weighted by molar-refractivity contribution is 0.102. The molecule has 1 aromatic rings. The molecule has 2 N–H and O–H groups in total. The van der Waals surface area contributed by atoms with Crippen molar-refractivity contribution in [3.8, 4) is 6.01 Å². The van der Waals surface area contributed by atoms with Crippen LogP contribution in [0.5, 0.6) is 6.01 Å². The van der Waals surface area contributed by atoms with Gasteiger partial charge in [0.2, 0.25) is 11.9 Å². The van der Waals surface area contributed by atoms with Crippen molar-refractivity contribution in [2.24, 2.45) is 0 Å². The molecule has 3 heterocycles. The Kier molecular flexibility index (Phi) is 3.86. The minimum atomic E-state index is 0.287. The number of hydrogen-bond acceptors (Lipinski definition) is 7. The number of aromatic nitrogens is 3. The van der Waals surface area contributed by atoms with E-state index in [2.05, 4.69) is 32.5 Å². The summed E-state index contributed by atoms with van der Waals surface area (Å²) in [5.41, 5.74) is 0. The van der Waals surface area contributed by atoms with Gasteiger partial charge in [-0.25, -0.2) is 0 Å². The Hall–Kier alpha value is -1.63. The molecular formula is C13H21N5O2. The zero-order chi connectivity index (χ0) is 13.9. The SMILES string of the molecule is CCCNc1nc(NC2CC3CCC2O3)nc(OC)n1. The Morgan fingerprint density at radius 2 is 2.10 bits per heavy atom. The molecule has 7 heteroatoms. The maximum absolute atomic E-state index is 5.83. The summed E-state index contributed by atoms with van der Waals surface area (Å²) < 4.78 is 11.0. The van der Waals surface area contributed by atoms with Crippen LogP contribution in [0.4, 0.5) is 11.9 Å². The number of nitrogens with one attached hydrogen (secondary N) is 2. The van der Waals surface area contributed by atoms with Crippen molar-refractivity contribution in [3.05, 3.63) is 0 Å². The van der Waals surface area contributed by atoms with Gasteiger partial charge in [0.15, 0.2) is 0 Å². The zero-order valence-corrected chi connectivity index (χ0v) is 11.9. The van der Waals surface area contributed by atoms with E-state index in [1.165, 1.54) is 6.42 Å². The number of nitrogens with zero attached hydrogens (tertiary/aromatic N) is 3. The number of rotatable bonds is 6. The standard InChI is InChI=1S/C13H21N5O2/c1-3-6-14-11-16-12(18-13(17-11)19-2)15-9-7-8-4-5-10(9)20-8/h8-10H,3-7H2,1-2H3,(H2,14,15,16,17,18). The van der Waals surface area contributed by atoms with E-state index in [-0.39, 0.29) is 6.10 Å². The number of fused-ring (bicyclic) bond motifs is 2. The van der Waals surface area contributed by atoms with E-state index in [1.54, 1.807) is 7.11 Å². The van der Waals surface area contributed by atoms with Crippen LogP contribution in [-0.2, 0) is 4.74 Å². The topological polar surface area (TPSA) is 81.2 Å². The van der Waals surface area contributed by atoms with Crippen molar-refractivity contribution in [2.75, 3.05) is 24.3 Å². The number of ether oxygens (including phenoxy) is 2. The first-order valence-corrected chi connectivity index (χ1v) is 7.24.